The van der Waals surface area contributed by atoms with Gasteiger partial charge in [0.05, 0.1) is 17.0 Å². The van der Waals surface area contributed by atoms with Gasteiger partial charge in [0.15, 0.2) is 0 Å². The number of aromatic nitrogens is 1. The van der Waals surface area contributed by atoms with Gasteiger partial charge >= 0.3 is 6.09 Å². The number of cyclic esters (lactones) is 1. The standard InChI is InChI=1S/C27H26ClN3O3/c28-21-11-12-25(29-14-21)23-16-30(15-20-9-5-2-6-10-20)17-24(23)26(32)31-22(18-34-27(31)33)13-19-7-3-1-4-8-19/h1-12,14,22-24H,13,15-18H2/t22-,23+,24+/m0/s1. The van der Waals surface area contributed by atoms with Gasteiger partial charge in [-0.25, -0.2) is 9.69 Å². The molecule has 0 spiro atoms. The van der Waals surface area contributed by atoms with Crippen LogP contribution in [0, 0.1) is 5.92 Å². The summed E-state index contributed by atoms with van der Waals surface area (Å²) < 4.78 is 5.33. The van der Waals surface area contributed by atoms with E-state index >= 15 is 0 Å². The topological polar surface area (TPSA) is 62.7 Å². The van der Waals surface area contributed by atoms with Gasteiger partial charge in [0.2, 0.25) is 5.91 Å². The number of halogens is 1. The number of amides is 2. The minimum absolute atomic E-state index is 0.140. The average molecular weight is 476 g/mol. The molecule has 2 aromatic carbocycles. The SMILES string of the molecule is O=C1OC[C@H](Cc2ccccc2)N1C(=O)[C@@H]1CN(Cc2ccccc2)C[C@H]1c1ccc(Cl)cn1. The zero-order valence-electron chi connectivity index (χ0n) is 18.7. The molecule has 0 unspecified atom stereocenters. The fourth-order valence-corrected chi connectivity index (χ4v) is 5.07. The molecule has 174 valence electrons. The number of hydrogen-bond donors (Lipinski definition) is 0. The summed E-state index contributed by atoms with van der Waals surface area (Å²) in [6, 6.07) is 23.4. The summed E-state index contributed by atoms with van der Waals surface area (Å²) in [7, 11) is 0. The molecule has 0 saturated carbocycles. The Morgan fingerprint density at radius 1 is 0.971 bits per heavy atom. The summed E-state index contributed by atoms with van der Waals surface area (Å²) in [6.45, 7) is 2.16. The molecule has 7 heteroatoms. The zero-order valence-corrected chi connectivity index (χ0v) is 19.5. The number of likely N-dealkylation sites (tertiary alicyclic amines) is 1. The van der Waals surface area contributed by atoms with Gasteiger partial charge in [0.25, 0.3) is 0 Å². The van der Waals surface area contributed by atoms with E-state index in [0.717, 1.165) is 17.8 Å². The number of carbonyl (C=O) groups excluding carboxylic acids is 2. The van der Waals surface area contributed by atoms with Gasteiger partial charge in [-0.3, -0.25) is 14.7 Å². The molecule has 2 saturated heterocycles. The highest BCUT2D eigenvalue weighted by atomic mass is 35.5. The summed E-state index contributed by atoms with van der Waals surface area (Å²) in [5.74, 6) is -0.735. The number of pyridine rings is 1. The predicted molar refractivity (Wildman–Crippen MR) is 129 cm³/mol. The molecule has 0 aliphatic carbocycles. The number of rotatable bonds is 6. The molecule has 0 bridgehead atoms. The van der Waals surface area contributed by atoms with E-state index in [1.54, 1.807) is 12.3 Å². The maximum absolute atomic E-state index is 13.9. The highest BCUT2D eigenvalue weighted by Crippen LogP contribution is 2.35. The lowest BCUT2D eigenvalue weighted by atomic mass is 9.90. The number of carbonyl (C=O) groups is 2. The van der Waals surface area contributed by atoms with Gasteiger partial charge in [0, 0.05) is 37.4 Å². The van der Waals surface area contributed by atoms with Crippen molar-refractivity contribution < 1.29 is 14.3 Å². The van der Waals surface area contributed by atoms with E-state index in [1.165, 1.54) is 10.5 Å². The Morgan fingerprint density at radius 3 is 2.35 bits per heavy atom. The molecule has 2 amide bonds. The number of nitrogens with zero attached hydrogens (tertiary/aromatic N) is 3. The van der Waals surface area contributed by atoms with E-state index in [4.69, 9.17) is 16.3 Å². The first-order valence-electron chi connectivity index (χ1n) is 11.5. The van der Waals surface area contributed by atoms with Crippen LogP contribution in [0.2, 0.25) is 5.02 Å². The van der Waals surface area contributed by atoms with Crippen molar-refractivity contribution in [1.82, 2.24) is 14.8 Å². The largest absolute Gasteiger partial charge is 0.447 e. The second kappa shape index (κ2) is 9.95. The maximum Gasteiger partial charge on any atom is 0.416 e. The van der Waals surface area contributed by atoms with Crippen molar-refractivity contribution in [3.8, 4) is 0 Å². The summed E-state index contributed by atoms with van der Waals surface area (Å²) in [5.41, 5.74) is 3.06. The molecule has 6 nitrogen and oxygen atoms in total. The second-order valence-electron chi connectivity index (χ2n) is 8.92. The summed E-state index contributed by atoms with van der Waals surface area (Å²) >= 11 is 6.06. The third-order valence-corrected chi connectivity index (χ3v) is 6.83. The highest BCUT2D eigenvalue weighted by molar-refractivity contribution is 6.30. The van der Waals surface area contributed by atoms with Crippen LogP contribution in [-0.4, -0.2) is 52.5 Å². The lowest BCUT2D eigenvalue weighted by Gasteiger charge is -2.25. The van der Waals surface area contributed by atoms with Crippen LogP contribution in [0.3, 0.4) is 0 Å². The van der Waals surface area contributed by atoms with Crippen molar-refractivity contribution in [2.75, 3.05) is 19.7 Å². The van der Waals surface area contributed by atoms with Crippen LogP contribution < -0.4 is 0 Å². The Kier molecular flexibility index (Phi) is 6.61. The molecule has 0 N–H and O–H groups in total. The van der Waals surface area contributed by atoms with Gasteiger partial charge in [-0.1, -0.05) is 72.3 Å². The zero-order chi connectivity index (χ0) is 23.5. The number of imide groups is 1. The Morgan fingerprint density at radius 2 is 1.68 bits per heavy atom. The normalized spacial score (nSPS) is 22.7. The Labute approximate surface area is 204 Å². The number of hydrogen-bond acceptors (Lipinski definition) is 5. The van der Waals surface area contributed by atoms with Crippen LogP contribution in [0.15, 0.2) is 79.0 Å². The van der Waals surface area contributed by atoms with Crippen molar-refractivity contribution >= 4 is 23.6 Å². The molecule has 3 atom stereocenters. The van der Waals surface area contributed by atoms with Crippen molar-refractivity contribution in [2.24, 2.45) is 5.92 Å². The second-order valence-corrected chi connectivity index (χ2v) is 9.36. The molecule has 2 aliphatic rings. The van der Waals surface area contributed by atoms with E-state index in [9.17, 15) is 9.59 Å². The van der Waals surface area contributed by atoms with Crippen LogP contribution in [-0.2, 0) is 22.5 Å². The van der Waals surface area contributed by atoms with E-state index < -0.39 is 12.0 Å². The molecule has 2 fully saturated rings. The number of ether oxygens (including phenoxy) is 1. The van der Waals surface area contributed by atoms with Crippen molar-refractivity contribution in [1.29, 1.82) is 0 Å². The fourth-order valence-electron chi connectivity index (χ4n) is 4.96. The smallest absolute Gasteiger partial charge is 0.416 e. The molecule has 3 heterocycles. The first kappa shape index (κ1) is 22.6. The molecular formula is C27H26ClN3O3. The van der Waals surface area contributed by atoms with Gasteiger partial charge in [-0.05, 0) is 29.7 Å². The van der Waals surface area contributed by atoms with Crippen molar-refractivity contribution in [3.05, 3.63) is 101 Å². The molecule has 0 radical (unpaired) electrons. The van der Waals surface area contributed by atoms with E-state index in [1.807, 2.05) is 54.6 Å². The van der Waals surface area contributed by atoms with Crippen LogP contribution in [0.1, 0.15) is 22.7 Å². The third kappa shape index (κ3) is 4.83. The molecule has 34 heavy (non-hydrogen) atoms. The highest BCUT2D eigenvalue weighted by Gasteiger charge is 2.47. The summed E-state index contributed by atoms with van der Waals surface area (Å²) in [4.78, 5) is 34.6. The minimum Gasteiger partial charge on any atom is -0.447 e. The van der Waals surface area contributed by atoms with Gasteiger partial charge in [0.1, 0.15) is 6.61 Å². The lowest BCUT2D eigenvalue weighted by molar-refractivity contribution is -0.133. The summed E-state index contributed by atoms with van der Waals surface area (Å²) in [6.07, 6.45) is 1.62. The van der Waals surface area contributed by atoms with E-state index in [2.05, 4.69) is 22.0 Å². The lowest BCUT2D eigenvalue weighted by Crippen LogP contribution is -2.45. The van der Waals surface area contributed by atoms with Gasteiger partial charge < -0.3 is 4.74 Å². The fraction of sp³-hybridized carbons (Fsp3) is 0.296. The van der Waals surface area contributed by atoms with Crippen LogP contribution >= 0.6 is 11.6 Å². The first-order valence-corrected chi connectivity index (χ1v) is 11.9. The molecule has 5 rings (SSSR count). The summed E-state index contributed by atoms with van der Waals surface area (Å²) in [5, 5.41) is 0.553. The van der Waals surface area contributed by atoms with Gasteiger partial charge in [-0.15, -0.1) is 0 Å². The Hall–Kier alpha value is -3.22. The van der Waals surface area contributed by atoms with Crippen molar-refractivity contribution in [3.63, 3.8) is 0 Å². The van der Waals surface area contributed by atoms with Crippen molar-refractivity contribution in [2.45, 2.75) is 24.9 Å². The average Bonchev–Trinajstić information content (AvgIpc) is 3.44. The maximum atomic E-state index is 13.9. The molecule has 2 aliphatic heterocycles. The predicted octanol–water partition coefficient (Wildman–Crippen LogP) is 4.54. The Bertz CT molecular complexity index is 1140. The number of benzene rings is 2. The van der Waals surface area contributed by atoms with Crippen LogP contribution in [0.25, 0.3) is 0 Å². The Balaban J connectivity index is 1.40. The van der Waals surface area contributed by atoms with Gasteiger partial charge in [-0.2, -0.15) is 0 Å². The van der Waals surface area contributed by atoms with Crippen LogP contribution in [0.5, 0.6) is 0 Å². The molecule has 1 aromatic heterocycles. The first-order chi connectivity index (χ1) is 16.6. The molecule has 3 aromatic rings. The minimum atomic E-state index is -0.560. The molecular weight excluding hydrogens is 450 g/mol. The van der Waals surface area contributed by atoms with E-state index in [0.29, 0.717) is 24.5 Å². The third-order valence-electron chi connectivity index (χ3n) is 6.60. The van der Waals surface area contributed by atoms with E-state index in [-0.39, 0.29) is 24.5 Å². The quantitative estimate of drug-likeness (QED) is 0.523. The van der Waals surface area contributed by atoms with Crippen LogP contribution in [0.4, 0.5) is 4.79 Å². The monoisotopic (exact) mass is 475 g/mol.